The number of thioether (sulfide) groups is 1. The quantitative estimate of drug-likeness (QED) is 0.197. The first-order chi connectivity index (χ1) is 17.1. The maximum Gasteiger partial charge on any atom is 0.318 e. The Morgan fingerprint density at radius 3 is 2.44 bits per heavy atom. The van der Waals surface area contributed by atoms with Crippen molar-refractivity contribution in [2.75, 3.05) is 0 Å². The number of nitro groups is 2. The Labute approximate surface area is 211 Å². The highest BCUT2D eigenvalue weighted by atomic mass is 35.5. The lowest BCUT2D eigenvalue weighted by atomic mass is 10.1. The van der Waals surface area contributed by atoms with Gasteiger partial charge >= 0.3 is 5.69 Å². The highest BCUT2D eigenvalue weighted by Crippen LogP contribution is 2.39. The third-order valence-electron chi connectivity index (χ3n) is 4.99. The summed E-state index contributed by atoms with van der Waals surface area (Å²) in [5.74, 6) is -1.29. The zero-order chi connectivity index (χ0) is 26.0. The first-order valence-corrected chi connectivity index (χ1v) is 11.2. The van der Waals surface area contributed by atoms with Gasteiger partial charge in [0.05, 0.1) is 27.4 Å². The second-order valence-corrected chi connectivity index (χ2v) is 8.71. The van der Waals surface area contributed by atoms with E-state index in [0.717, 1.165) is 29.2 Å². The molecular formula is C23H13ClFN3O7S. The lowest BCUT2D eigenvalue weighted by Gasteiger charge is -2.13. The average Bonchev–Trinajstić information content (AvgIpc) is 3.09. The Hall–Kier alpha value is -4.29. The highest BCUT2D eigenvalue weighted by molar-refractivity contribution is 8.18. The van der Waals surface area contributed by atoms with Crippen LogP contribution >= 0.6 is 23.4 Å². The fourth-order valence-corrected chi connectivity index (χ4v) is 4.31. The van der Waals surface area contributed by atoms with Gasteiger partial charge in [-0.3, -0.25) is 34.7 Å². The van der Waals surface area contributed by atoms with E-state index in [-0.39, 0.29) is 28.0 Å². The molecule has 1 aliphatic heterocycles. The maximum absolute atomic E-state index is 13.3. The molecule has 0 aliphatic carbocycles. The van der Waals surface area contributed by atoms with Gasteiger partial charge in [0.25, 0.3) is 16.8 Å². The molecule has 2 amide bonds. The van der Waals surface area contributed by atoms with Crippen LogP contribution in [0.15, 0.2) is 65.6 Å². The third kappa shape index (κ3) is 5.19. The second-order valence-electron chi connectivity index (χ2n) is 7.31. The molecule has 13 heteroatoms. The van der Waals surface area contributed by atoms with Gasteiger partial charge in [-0.2, -0.15) is 0 Å². The van der Waals surface area contributed by atoms with Gasteiger partial charge in [0.1, 0.15) is 11.6 Å². The Kier molecular flexibility index (Phi) is 6.99. The number of imide groups is 1. The van der Waals surface area contributed by atoms with Crippen LogP contribution in [0.5, 0.6) is 11.5 Å². The average molecular weight is 530 g/mol. The van der Waals surface area contributed by atoms with Crippen molar-refractivity contribution in [2.24, 2.45) is 0 Å². The summed E-state index contributed by atoms with van der Waals surface area (Å²) in [6.07, 6.45) is 1.39. The molecular weight excluding hydrogens is 517 g/mol. The molecule has 3 aromatic rings. The van der Waals surface area contributed by atoms with Gasteiger partial charge in [-0.1, -0.05) is 35.9 Å². The van der Waals surface area contributed by atoms with E-state index in [1.165, 1.54) is 24.3 Å². The highest BCUT2D eigenvalue weighted by Gasteiger charge is 2.35. The molecule has 0 bridgehead atoms. The van der Waals surface area contributed by atoms with Crippen LogP contribution in [-0.4, -0.2) is 25.9 Å². The molecule has 0 radical (unpaired) electrons. The molecule has 1 saturated heterocycles. The summed E-state index contributed by atoms with van der Waals surface area (Å²) >= 11 is 6.69. The summed E-state index contributed by atoms with van der Waals surface area (Å²) in [7, 11) is 0. The normalized spacial score (nSPS) is 14.4. The number of hydrogen-bond donors (Lipinski definition) is 0. The Morgan fingerprint density at radius 2 is 1.75 bits per heavy atom. The number of carbonyl (C=O) groups is 2. The number of para-hydroxylation sites is 1. The van der Waals surface area contributed by atoms with Gasteiger partial charge in [0, 0.05) is 16.7 Å². The molecule has 10 nitrogen and oxygen atoms in total. The SMILES string of the molecule is O=C1S/C(=C\c2ccccc2Oc2ccc([N+](=O)[O-])cc2[N+](=O)[O-])C(=O)N1Cc1ccc(F)cc1Cl. The van der Waals surface area contributed by atoms with E-state index >= 15 is 0 Å². The summed E-state index contributed by atoms with van der Waals surface area (Å²) in [6, 6.07) is 12.9. The molecule has 0 aromatic heterocycles. The van der Waals surface area contributed by atoms with E-state index in [2.05, 4.69) is 0 Å². The van der Waals surface area contributed by atoms with Crippen molar-refractivity contribution in [3.8, 4) is 11.5 Å². The number of nitro benzene ring substituents is 2. The summed E-state index contributed by atoms with van der Waals surface area (Å²) in [5, 5.41) is 21.9. The Bertz CT molecular complexity index is 1460. The summed E-state index contributed by atoms with van der Waals surface area (Å²) in [5.41, 5.74) is -0.376. The number of halogens is 2. The van der Waals surface area contributed by atoms with Crippen LogP contribution in [0.4, 0.5) is 20.6 Å². The van der Waals surface area contributed by atoms with Crippen LogP contribution in [0.3, 0.4) is 0 Å². The molecule has 0 atom stereocenters. The minimum absolute atomic E-state index is 0.0625. The largest absolute Gasteiger partial charge is 0.449 e. The number of ether oxygens (including phenoxy) is 1. The number of hydrogen-bond acceptors (Lipinski definition) is 8. The van der Waals surface area contributed by atoms with Gasteiger partial charge < -0.3 is 4.74 Å². The predicted octanol–water partition coefficient (Wildman–Crippen LogP) is 6.32. The predicted molar refractivity (Wildman–Crippen MR) is 129 cm³/mol. The fraction of sp³-hybridized carbons (Fsp3) is 0.0435. The zero-order valence-corrected chi connectivity index (χ0v) is 19.5. The minimum Gasteiger partial charge on any atom is -0.449 e. The number of benzene rings is 3. The molecule has 1 aliphatic rings. The van der Waals surface area contributed by atoms with Gasteiger partial charge in [0.2, 0.25) is 5.75 Å². The van der Waals surface area contributed by atoms with Gasteiger partial charge in [-0.15, -0.1) is 0 Å². The summed E-state index contributed by atoms with van der Waals surface area (Å²) in [6.45, 7) is -0.158. The monoisotopic (exact) mass is 529 g/mol. The van der Waals surface area contributed by atoms with Crippen LogP contribution in [0.1, 0.15) is 11.1 Å². The summed E-state index contributed by atoms with van der Waals surface area (Å²) in [4.78, 5) is 47.3. The fourth-order valence-electron chi connectivity index (χ4n) is 3.26. The van der Waals surface area contributed by atoms with E-state index in [4.69, 9.17) is 16.3 Å². The topological polar surface area (TPSA) is 133 Å². The van der Waals surface area contributed by atoms with Crippen molar-refractivity contribution in [1.29, 1.82) is 0 Å². The van der Waals surface area contributed by atoms with Crippen LogP contribution in [0, 0.1) is 26.0 Å². The zero-order valence-electron chi connectivity index (χ0n) is 17.9. The molecule has 0 unspecified atom stereocenters. The second kappa shape index (κ2) is 10.1. The molecule has 1 fully saturated rings. The number of amides is 2. The van der Waals surface area contributed by atoms with Gasteiger partial charge in [-0.25, -0.2) is 4.39 Å². The van der Waals surface area contributed by atoms with Crippen molar-refractivity contribution in [3.63, 3.8) is 0 Å². The molecule has 0 spiro atoms. The van der Waals surface area contributed by atoms with E-state index in [1.807, 2.05) is 0 Å². The lowest BCUT2D eigenvalue weighted by Crippen LogP contribution is -2.27. The van der Waals surface area contributed by atoms with Crippen molar-refractivity contribution < 1.29 is 28.6 Å². The molecule has 0 N–H and O–H groups in total. The maximum atomic E-state index is 13.3. The minimum atomic E-state index is -0.809. The van der Waals surface area contributed by atoms with E-state index < -0.39 is 38.2 Å². The van der Waals surface area contributed by atoms with E-state index in [1.54, 1.807) is 18.2 Å². The Balaban J connectivity index is 1.62. The van der Waals surface area contributed by atoms with Crippen molar-refractivity contribution in [2.45, 2.75) is 6.54 Å². The number of non-ortho nitro benzene ring substituents is 1. The number of nitrogens with zero attached hydrogens (tertiary/aromatic N) is 3. The van der Waals surface area contributed by atoms with Crippen LogP contribution in [0.25, 0.3) is 6.08 Å². The molecule has 182 valence electrons. The molecule has 3 aromatic carbocycles. The lowest BCUT2D eigenvalue weighted by molar-refractivity contribution is -0.394. The summed E-state index contributed by atoms with van der Waals surface area (Å²) < 4.78 is 19.0. The number of carbonyl (C=O) groups excluding carboxylic acids is 2. The first kappa shape index (κ1) is 24.8. The molecule has 36 heavy (non-hydrogen) atoms. The van der Waals surface area contributed by atoms with Crippen molar-refractivity contribution in [1.82, 2.24) is 4.90 Å². The van der Waals surface area contributed by atoms with E-state index in [9.17, 15) is 34.2 Å². The van der Waals surface area contributed by atoms with Gasteiger partial charge in [0.15, 0.2) is 0 Å². The van der Waals surface area contributed by atoms with Crippen LogP contribution in [-0.2, 0) is 11.3 Å². The number of rotatable bonds is 7. The van der Waals surface area contributed by atoms with Crippen molar-refractivity contribution >= 4 is 52.0 Å². The third-order valence-corrected chi connectivity index (χ3v) is 6.25. The van der Waals surface area contributed by atoms with Crippen LogP contribution < -0.4 is 4.74 Å². The molecule has 0 saturated carbocycles. The standard InChI is InChI=1S/C23H13ClFN3O7S/c24-17-10-15(25)6-5-14(17)12-26-22(29)21(36-23(26)30)9-13-3-1-2-4-19(13)35-20-8-7-16(27(31)32)11-18(20)28(33)34/h1-11H,12H2/b21-9-. The Morgan fingerprint density at radius 1 is 1.00 bits per heavy atom. The smallest absolute Gasteiger partial charge is 0.318 e. The van der Waals surface area contributed by atoms with Crippen LogP contribution in [0.2, 0.25) is 5.02 Å². The van der Waals surface area contributed by atoms with E-state index in [0.29, 0.717) is 22.9 Å². The van der Waals surface area contributed by atoms with Gasteiger partial charge in [-0.05, 0) is 47.7 Å². The molecule has 4 rings (SSSR count). The molecule has 1 heterocycles. The van der Waals surface area contributed by atoms with Crippen molar-refractivity contribution in [3.05, 3.63) is 108 Å². The first-order valence-electron chi connectivity index (χ1n) is 10.0.